The van der Waals surface area contributed by atoms with E-state index in [2.05, 4.69) is 24.1 Å². The summed E-state index contributed by atoms with van der Waals surface area (Å²) in [4.78, 5) is 13.9. The van der Waals surface area contributed by atoms with Crippen LogP contribution in [0, 0.1) is 0 Å². The number of nitrogens with zero attached hydrogens (tertiary/aromatic N) is 1. The van der Waals surface area contributed by atoms with Gasteiger partial charge in [0.1, 0.15) is 0 Å². The molecule has 0 aromatic heterocycles. The predicted molar refractivity (Wildman–Crippen MR) is 73.6 cm³/mol. The molecule has 1 aliphatic rings. The van der Waals surface area contributed by atoms with Crippen LogP contribution in [0.4, 0.5) is 0 Å². The first kappa shape index (κ1) is 15.4. The number of hydrogen-bond donors (Lipinski definition) is 1. The number of piperidine rings is 1. The minimum atomic E-state index is -0.0964. The number of carbonyl (C=O) groups excluding carboxylic acids is 1. The molecule has 1 saturated heterocycles. The van der Waals surface area contributed by atoms with Gasteiger partial charge in [0.05, 0.1) is 13.0 Å². The average molecular weight is 256 g/mol. The second-order valence-electron chi connectivity index (χ2n) is 5.19. The molecule has 4 heteroatoms. The summed E-state index contributed by atoms with van der Waals surface area (Å²) in [7, 11) is 0. The molecule has 106 valence electrons. The van der Waals surface area contributed by atoms with Crippen molar-refractivity contribution in [3.05, 3.63) is 0 Å². The Morgan fingerprint density at radius 1 is 1.39 bits per heavy atom. The molecule has 4 nitrogen and oxygen atoms in total. The van der Waals surface area contributed by atoms with Crippen LogP contribution in [-0.4, -0.2) is 49.2 Å². The summed E-state index contributed by atoms with van der Waals surface area (Å²) < 4.78 is 4.96. The van der Waals surface area contributed by atoms with Crippen molar-refractivity contribution >= 4 is 5.97 Å². The summed E-state index contributed by atoms with van der Waals surface area (Å²) in [6, 6.07) is 0.773. The van der Waals surface area contributed by atoms with Crippen molar-refractivity contribution in [3.63, 3.8) is 0 Å². The lowest BCUT2D eigenvalue weighted by molar-refractivity contribution is -0.143. The monoisotopic (exact) mass is 256 g/mol. The summed E-state index contributed by atoms with van der Waals surface area (Å²) in [5, 5.41) is 3.54. The summed E-state index contributed by atoms with van der Waals surface area (Å²) in [6.45, 7) is 10.2. The number of esters is 1. The van der Waals surface area contributed by atoms with Gasteiger partial charge in [-0.3, -0.25) is 4.79 Å². The van der Waals surface area contributed by atoms with Crippen molar-refractivity contribution in [2.24, 2.45) is 0 Å². The van der Waals surface area contributed by atoms with Crippen molar-refractivity contribution in [2.45, 2.75) is 58.5 Å². The molecule has 1 unspecified atom stereocenters. The summed E-state index contributed by atoms with van der Waals surface area (Å²) in [5.74, 6) is -0.0964. The Labute approximate surface area is 111 Å². The molecule has 1 fully saturated rings. The van der Waals surface area contributed by atoms with E-state index in [-0.39, 0.29) is 12.0 Å². The summed E-state index contributed by atoms with van der Waals surface area (Å²) in [6.07, 6.45) is 4.08. The zero-order chi connectivity index (χ0) is 13.4. The summed E-state index contributed by atoms with van der Waals surface area (Å²) >= 11 is 0. The second-order valence-corrected chi connectivity index (χ2v) is 5.19. The summed E-state index contributed by atoms with van der Waals surface area (Å²) in [5.41, 5.74) is 0. The number of carbonyl (C=O) groups is 1. The van der Waals surface area contributed by atoms with Crippen LogP contribution in [-0.2, 0) is 9.53 Å². The Morgan fingerprint density at radius 2 is 2.06 bits per heavy atom. The number of hydrogen-bond acceptors (Lipinski definition) is 4. The number of ether oxygens (including phenoxy) is 1. The quantitative estimate of drug-likeness (QED) is 0.705. The van der Waals surface area contributed by atoms with E-state index < -0.39 is 0 Å². The van der Waals surface area contributed by atoms with E-state index in [9.17, 15) is 4.79 Å². The fraction of sp³-hybridized carbons (Fsp3) is 0.929. The third-order valence-electron chi connectivity index (χ3n) is 3.43. The van der Waals surface area contributed by atoms with Gasteiger partial charge >= 0.3 is 5.97 Å². The van der Waals surface area contributed by atoms with E-state index in [1.54, 1.807) is 0 Å². The number of likely N-dealkylation sites (tertiary alicyclic amines) is 1. The highest BCUT2D eigenvalue weighted by atomic mass is 16.5. The molecule has 0 amide bonds. The van der Waals surface area contributed by atoms with E-state index in [1.165, 1.54) is 38.9 Å². The fourth-order valence-electron chi connectivity index (χ4n) is 2.57. The lowest BCUT2D eigenvalue weighted by Crippen LogP contribution is -2.46. The zero-order valence-corrected chi connectivity index (χ0v) is 12.1. The number of rotatable bonds is 7. The van der Waals surface area contributed by atoms with Crippen molar-refractivity contribution in [1.82, 2.24) is 10.2 Å². The van der Waals surface area contributed by atoms with Gasteiger partial charge in [-0.05, 0) is 52.7 Å². The van der Waals surface area contributed by atoms with Crippen LogP contribution < -0.4 is 5.32 Å². The molecular weight excluding hydrogens is 228 g/mol. The molecule has 1 aliphatic heterocycles. The molecular formula is C14H28N2O2. The molecule has 0 spiro atoms. The third-order valence-corrected chi connectivity index (χ3v) is 3.43. The standard InChI is InChI=1S/C14H28N2O2/c1-4-8-16-9-6-13(7-10-16)15-12(3)11-14(17)18-5-2/h12-13,15H,4-11H2,1-3H3. The lowest BCUT2D eigenvalue weighted by Gasteiger charge is -2.33. The zero-order valence-electron chi connectivity index (χ0n) is 12.1. The number of nitrogens with one attached hydrogen (secondary N) is 1. The largest absolute Gasteiger partial charge is 0.466 e. The van der Waals surface area contributed by atoms with E-state index in [4.69, 9.17) is 4.74 Å². The van der Waals surface area contributed by atoms with Crippen molar-refractivity contribution in [2.75, 3.05) is 26.2 Å². The molecule has 1 atom stereocenters. The van der Waals surface area contributed by atoms with Gasteiger partial charge < -0.3 is 15.0 Å². The van der Waals surface area contributed by atoms with Crippen molar-refractivity contribution in [3.8, 4) is 0 Å². The molecule has 1 heterocycles. The van der Waals surface area contributed by atoms with Crippen LogP contribution in [0.5, 0.6) is 0 Å². The van der Waals surface area contributed by atoms with Crippen LogP contribution in [0.25, 0.3) is 0 Å². The highest BCUT2D eigenvalue weighted by Gasteiger charge is 2.20. The Balaban J connectivity index is 2.17. The highest BCUT2D eigenvalue weighted by molar-refractivity contribution is 5.70. The topological polar surface area (TPSA) is 41.6 Å². The smallest absolute Gasteiger partial charge is 0.307 e. The Bertz CT molecular complexity index is 238. The van der Waals surface area contributed by atoms with Crippen LogP contribution in [0.1, 0.15) is 46.5 Å². The average Bonchev–Trinajstić information content (AvgIpc) is 2.32. The first-order valence-electron chi connectivity index (χ1n) is 7.29. The maximum absolute atomic E-state index is 11.4. The molecule has 0 aromatic rings. The van der Waals surface area contributed by atoms with E-state index in [0.29, 0.717) is 19.1 Å². The van der Waals surface area contributed by atoms with E-state index in [1.807, 2.05) is 6.92 Å². The third kappa shape index (κ3) is 5.83. The van der Waals surface area contributed by atoms with Crippen LogP contribution in [0.15, 0.2) is 0 Å². The maximum Gasteiger partial charge on any atom is 0.307 e. The molecule has 1 N–H and O–H groups in total. The molecule has 0 saturated carbocycles. The second kappa shape index (κ2) is 8.48. The van der Waals surface area contributed by atoms with Gasteiger partial charge in [-0.2, -0.15) is 0 Å². The van der Waals surface area contributed by atoms with Crippen molar-refractivity contribution < 1.29 is 9.53 Å². The fourth-order valence-corrected chi connectivity index (χ4v) is 2.57. The lowest BCUT2D eigenvalue weighted by atomic mass is 10.0. The Hall–Kier alpha value is -0.610. The molecule has 1 rings (SSSR count). The predicted octanol–water partition coefficient (Wildman–Crippen LogP) is 1.79. The molecule has 0 aromatic carbocycles. The normalized spacial score (nSPS) is 19.7. The van der Waals surface area contributed by atoms with Crippen LogP contribution >= 0.6 is 0 Å². The maximum atomic E-state index is 11.4. The van der Waals surface area contributed by atoms with Crippen molar-refractivity contribution in [1.29, 1.82) is 0 Å². The molecule has 0 radical (unpaired) electrons. The Kier molecular flexibility index (Phi) is 7.28. The van der Waals surface area contributed by atoms with E-state index >= 15 is 0 Å². The molecule has 18 heavy (non-hydrogen) atoms. The first-order chi connectivity index (χ1) is 8.65. The van der Waals surface area contributed by atoms with Gasteiger partial charge in [-0.25, -0.2) is 0 Å². The van der Waals surface area contributed by atoms with Gasteiger partial charge in [0.25, 0.3) is 0 Å². The van der Waals surface area contributed by atoms with Crippen LogP contribution in [0.3, 0.4) is 0 Å². The van der Waals surface area contributed by atoms with Gasteiger partial charge in [-0.1, -0.05) is 6.92 Å². The molecule has 0 aliphatic carbocycles. The highest BCUT2D eigenvalue weighted by Crippen LogP contribution is 2.12. The SMILES string of the molecule is CCCN1CCC(NC(C)CC(=O)OCC)CC1. The van der Waals surface area contributed by atoms with Gasteiger partial charge in [0.2, 0.25) is 0 Å². The Morgan fingerprint density at radius 3 is 2.61 bits per heavy atom. The molecule has 0 bridgehead atoms. The van der Waals surface area contributed by atoms with Gasteiger partial charge in [-0.15, -0.1) is 0 Å². The van der Waals surface area contributed by atoms with Gasteiger partial charge in [0.15, 0.2) is 0 Å². The first-order valence-corrected chi connectivity index (χ1v) is 7.29. The van der Waals surface area contributed by atoms with E-state index in [0.717, 1.165) is 0 Å². The minimum absolute atomic E-state index is 0.0964. The van der Waals surface area contributed by atoms with Gasteiger partial charge in [0, 0.05) is 12.1 Å². The minimum Gasteiger partial charge on any atom is -0.466 e. The van der Waals surface area contributed by atoms with Crippen LogP contribution in [0.2, 0.25) is 0 Å².